The molecule has 3 aromatic rings. The zero-order valence-electron chi connectivity index (χ0n) is 25.8. The highest BCUT2D eigenvalue weighted by Gasteiger charge is 2.52. The van der Waals surface area contributed by atoms with Gasteiger partial charge in [-0.1, -0.05) is 12.2 Å². The number of ether oxygens (including phenoxy) is 1. The van der Waals surface area contributed by atoms with E-state index in [1.54, 1.807) is 19.2 Å². The number of amides is 3. The molecule has 1 aliphatic carbocycles. The minimum atomic E-state index is -1.30. The van der Waals surface area contributed by atoms with E-state index in [2.05, 4.69) is 20.6 Å². The van der Waals surface area contributed by atoms with Crippen LogP contribution in [0.15, 0.2) is 42.7 Å². The molecule has 4 aliphatic rings. The van der Waals surface area contributed by atoms with E-state index in [9.17, 15) is 18.8 Å². The predicted octanol–water partition coefficient (Wildman–Crippen LogP) is 4.60. The number of aromatic nitrogens is 2. The molecule has 3 aliphatic heterocycles. The Morgan fingerprint density at radius 2 is 1.81 bits per heavy atom. The molecule has 7 rings (SSSR count). The lowest BCUT2D eigenvalue weighted by Gasteiger charge is -2.43. The van der Waals surface area contributed by atoms with E-state index in [0.29, 0.717) is 44.0 Å². The van der Waals surface area contributed by atoms with E-state index < -0.39 is 58.2 Å². The first-order valence-electron chi connectivity index (χ1n) is 15.9. The number of anilines is 1. The van der Waals surface area contributed by atoms with E-state index in [0.717, 1.165) is 41.7 Å². The lowest BCUT2D eigenvalue weighted by molar-refractivity contribution is -0.139. The number of nitrogens with zero attached hydrogens (tertiary/aromatic N) is 3. The second-order valence-corrected chi connectivity index (χ2v) is 12.8. The van der Waals surface area contributed by atoms with Crippen molar-refractivity contribution >= 4 is 29.6 Å². The number of hydrogen-bond donors (Lipinski definition) is 2. The fourth-order valence-electron chi connectivity index (χ4n) is 7.43. The van der Waals surface area contributed by atoms with Crippen LogP contribution < -0.4 is 10.6 Å². The summed E-state index contributed by atoms with van der Waals surface area (Å²) >= 11 is 0. The highest BCUT2D eigenvalue weighted by Crippen LogP contribution is 2.46. The molecule has 3 amide bonds. The van der Waals surface area contributed by atoms with Crippen molar-refractivity contribution in [3.63, 3.8) is 0 Å². The van der Waals surface area contributed by atoms with Crippen molar-refractivity contribution in [3.8, 4) is 0 Å². The Labute approximate surface area is 269 Å². The third-order valence-corrected chi connectivity index (χ3v) is 9.93. The molecule has 9 nitrogen and oxygen atoms in total. The lowest BCUT2D eigenvalue weighted by Crippen LogP contribution is -2.58. The van der Waals surface area contributed by atoms with Crippen LogP contribution >= 0.6 is 0 Å². The Bertz CT molecular complexity index is 1820. The molecule has 1 spiro atoms. The molecule has 244 valence electrons. The van der Waals surface area contributed by atoms with Gasteiger partial charge in [-0.25, -0.2) is 18.2 Å². The second-order valence-electron chi connectivity index (χ2n) is 12.8. The number of carbonyl (C=O) groups excluding carboxylic acids is 3. The maximum Gasteiger partial charge on any atom is 0.253 e. The number of benzene rings is 1. The van der Waals surface area contributed by atoms with Crippen LogP contribution in [0.1, 0.15) is 76.8 Å². The summed E-state index contributed by atoms with van der Waals surface area (Å²) in [4.78, 5) is 51.3. The third-order valence-electron chi connectivity index (χ3n) is 9.93. The molecule has 1 saturated heterocycles. The van der Waals surface area contributed by atoms with Crippen molar-refractivity contribution in [3.05, 3.63) is 93.7 Å². The van der Waals surface area contributed by atoms with Crippen LogP contribution in [0.2, 0.25) is 0 Å². The van der Waals surface area contributed by atoms with Crippen molar-refractivity contribution in [2.45, 2.75) is 68.9 Å². The average molecular weight is 646 g/mol. The summed E-state index contributed by atoms with van der Waals surface area (Å²) in [5.74, 6) is -4.99. The van der Waals surface area contributed by atoms with E-state index in [1.165, 1.54) is 11.1 Å². The largest absolute Gasteiger partial charge is 0.381 e. The van der Waals surface area contributed by atoms with Crippen molar-refractivity contribution in [1.82, 2.24) is 20.2 Å². The standard InChI is InChI=1S/C35H34F3N5O4/c1-19-23(29-25(36)7-8-26(37)30(29)38)14-27-33(45)43(19)9-5-11-47-10-4-2-3-6-20-12-24-31(40-17-20)42-34(46)35(24)15-21-13-22(32(44)41-27)18-39-28(21)16-35/h3,6-8,12-13,17-19,23,27H,2,4-5,9-11,14-16H2,1H3,(H,41,44)(H,40,42,46)/b6-3-/t19?,23?,27?,35-/m0/s1. The van der Waals surface area contributed by atoms with Crippen LogP contribution in [0.4, 0.5) is 19.0 Å². The van der Waals surface area contributed by atoms with Gasteiger partial charge in [0.05, 0.1) is 11.0 Å². The molecule has 2 aromatic heterocycles. The quantitative estimate of drug-likeness (QED) is 0.374. The molecule has 12 heteroatoms. The number of nitrogens with one attached hydrogen (secondary N) is 2. The summed E-state index contributed by atoms with van der Waals surface area (Å²) in [7, 11) is 0. The maximum atomic E-state index is 15.1. The number of pyridine rings is 2. The van der Waals surface area contributed by atoms with E-state index >= 15 is 8.78 Å². The lowest BCUT2D eigenvalue weighted by atomic mass is 9.79. The first kappa shape index (κ1) is 31.0. The molecule has 0 radical (unpaired) electrons. The van der Waals surface area contributed by atoms with Gasteiger partial charge in [0.1, 0.15) is 17.7 Å². The molecule has 2 N–H and O–H groups in total. The Morgan fingerprint density at radius 1 is 1.00 bits per heavy atom. The molecule has 1 aromatic carbocycles. The van der Waals surface area contributed by atoms with Gasteiger partial charge in [-0.3, -0.25) is 19.4 Å². The van der Waals surface area contributed by atoms with Crippen molar-refractivity contribution in [2.75, 3.05) is 25.1 Å². The Kier molecular flexibility index (Phi) is 8.07. The molecule has 47 heavy (non-hydrogen) atoms. The van der Waals surface area contributed by atoms with Crippen LogP contribution in [0, 0.1) is 17.5 Å². The zero-order valence-corrected chi connectivity index (χ0v) is 25.8. The molecule has 1 fully saturated rings. The normalized spacial score (nSPS) is 26.8. The predicted molar refractivity (Wildman–Crippen MR) is 166 cm³/mol. The van der Waals surface area contributed by atoms with Crippen LogP contribution in [0.5, 0.6) is 0 Å². The van der Waals surface area contributed by atoms with Crippen molar-refractivity contribution in [2.24, 2.45) is 0 Å². The topological polar surface area (TPSA) is 114 Å². The molecule has 5 heterocycles. The molecule has 4 atom stereocenters. The average Bonchev–Trinajstić information content (AvgIpc) is 3.57. The van der Waals surface area contributed by atoms with Gasteiger partial charge in [0, 0.05) is 67.4 Å². The molecule has 0 saturated carbocycles. The number of fused-ring (bicyclic) bond motifs is 4. The summed E-state index contributed by atoms with van der Waals surface area (Å²) in [6, 6.07) is 3.45. The number of carbonyl (C=O) groups is 3. The fourth-order valence-corrected chi connectivity index (χ4v) is 7.43. The number of rotatable bonds is 1. The van der Waals surface area contributed by atoms with Gasteiger partial charge in [0.2, 0.25) is 11.8 Å². The first-order chi connectivity index (χ1) is 22.7. The van der Waals surface area contributed by atoms with Gasteiger partial charge in [-0.2, -0.15) is 0 Å². The highest BCUT2D eigenvalue weighted by molar-refractivity contribution is 6.06. The molecule has 7 bridgehead atoms. The van der Waals surface area contributed by atoms with Gasteiger partial charge in [-0.15, -0.1) is 0 Å². The second kappa shape index (κ2) is 12.2. The summed E-state index contributed by atoms with van der Waals surface area (Å²) in [6.45, 7) is 2.74. The smallest absolute Gasteiger partial charge is 0.253 e. The summed E-state index contributed by atoms with van der Waals surface area (Å²) in [5, 5.41) is 5.67. The number of allylic oxidation sites excluding steroid dienone is 1. The van der Waals surface area contributed by atoms with Gasteiger partial charge in [-0.05, 0) is 74.4 Å². The maximum absolute atomic E-state index is 15.1. The SMILES string of the molecule is CC1C(c2c(F)ccc(F)c2F)CC2NC(=O)c3cnc4c(c3)C[C@@]3(C4)C(=O)Nc4ncc(cc43)/C=C\CCCOCCCN1C2=O. The van der Waals surface area contributed by atoms with Gasteiger partial charge in [0.15, 0.2) is 11.6 Å². The van der Waals surface area contributed by atoms with Crippen LogP contribution in [-0.2, 0) is 32.6 Å². The van der Waals surface area contributed by atoms with Crippen molar-refractivity contribution in [1.29, 1.82) is 0 Å². The van der Waals surface area contributed by atoms with E-state index in [1.807, 2.05) is 18.2 Å². The minimum absolute atomic E-state index is 0.128. The van der Waals surface area contributed by atoms with E-state index in [-0.39, 0.29) is 24.4 Å². The molecular formula is C35H34F3N5O4. The number of piperidine rings is 1. The highest BCUT2D eigenvalue weighted by atomic mass is 19.2. The molecular weight excluding hydrogens is 611 g/mol. The molecule has 3 unspecified atom stereocenters. The third kappa shape index (κ3) is 5.48. The summed E-state index contributed by atoms with van der Waals surface area (Å²) in [5.41, 5.74) is 1.90. The van der Waals surface area contributed by atoms with Crippen LogP contribution in [0.25, 0.3) is 6.08 Å². The number of hydrogen-bond acceptors (Lipinski definition) is 6. The summed E-state index contributed by atoms with van der Waals surface area (Å²) in [6.07, 6.45) is 9.64. The zero-order chi connectivity index (χ0) is 32.9. The minimum Gasteiger partial charge on any atom is -0.381 e. The Balaban J connectivity index is 1.22. The fraction of sp³-hybridized carbons (Fsp3) is 0.400. The first-order valence-corrected chi connectivity index (χ1v) is 15.9. The van der Waals surface area contributed by atoms with Crippen molar-refractivity contribution < 1.29 is 32.3 Å². The Hall–Kier alpha value is -4.58. The van der Waals surface area contributed by atoms with Gasteiger partial charge < -0.3 is 20.3 Å². The number of halogens is 3. The van der Waals surface area contributed by atoms with Gasteiger partial charge in [0.25, 0.3) is 5.91 Å². The Morgan fingerprint density at radius 3 is 2.66 bits per heavy atom. The van der Waals surface area contributed by atoms with Crippen LogP contribution in [-0.4, -0.2) is 64.4 Å². The monoisotopic (exact) mass is 645 g/mol. The summed E-state index contributed by atoms with van der Waals surface area (Å²) < 4.78 is 50.2. The van der Waals surface area contributed by atoms with Crippen LogP contribution in [0.3, 0.4) is 0 Å². The van der Waals surface area contributed by atoms with E-state index in [4.69, 9.17) is 4.74 Å². The van der Waals surface area contributed by atoms with Gasteiger partial charge >= 0.3 is 0 Å².